The fourth-order valence-electron chi connectivity index (χ4n) is 3.05. The van der Waals surface area contributed by atoms with Crippen molar-refractivity contribution in [2.45, 2.75) is 25.7 Å². The van der Waals surface area contributed by atoms with Gasteiger partial charge in [-0.1, -0.05) is 72.8 Å². The van der Waals surface area contributed by atoms with E-state index in [1.807, 2.05) is 60.7 Å². The van der Waals surface area contributed by atoms with Crippen molar-refractivity contribution in [2.75, 3.05) is 6.26 Å². The number of carbonyl (C=O) groups excluding carboxylic acids is 2. The van der Waals surface area contributed by atoms with E-state index in [0.717, 1.165) is 17.4 Å². The summed E-state index contributed by atoms with van der Waals surface area (Å²) >= 11 is 0. The van der Waals surface area contributed by atoms with E-state index in [-0.39, 0.29) is 25.4 Å². The number of hydrogen-bond donors (Lipinski definition) is 1. The van der Waals surface area contributed by atoms with Crippen molar-refractivity contribution in [3.05, 3.63) is 102 Å². The molecule has 0 radical (unpaired) electrons. The number of nitrogens with one attached hydrogen (secondary N) is 1. The Kier molecular flexibility index (Phi) is 8.64. The number of alkyl carbamates (subject to hydrolysis) is 1. The van der Waals surface area contributed by atoms with Gasteiger partial charge in [0.1, 0.15) is 19.0 Å². The summed E-state index contributed by atoms with van der Waals surface area (Å²) < 4.78 is 38.1. The van der Waals surface area contributed by atoms with Crippen LogP contribution in [0, 0.1) is 0 Å². The first-order chi connectivity index (χ1) is 16.3. The van der Waals surface area contributed by atoms with Crippen LogP contribution in [0.15, 0.2) is 84.9 Å². The number of hydrogen-bond acceptors (Lipinski definition) is 7. The van der Waals surface area contributed by atoms with Crippen molar-refractivity contribution in [3.8, 4) is 5.75 Å². The molecule has 0 saturated heterocycles. The molecule has 1 atom stereocenters. The van der Waals surface area contributed by atoms with E-state index in [2.05, 4.69) is 5.32 Å². The summed E-state index contributed by atoms with van der Waals surface area (Å²) in [4.78, 5) is 24.9. The number of rotatable bonds is 10. The van der Waals surface area contributed by atoms with Gasteiger partial charge in [-0.3, -0.25) is 4.79 Å². The Bertz CT molecular complexity index is 1120. The number of amides is 1. The van der Waals surface area contributed by atoms with Crippen LogP contribution < -0.4 is 9.50 Å². The van der Waals surface area contributed by atoms with E-state index in [0.29, 0.717) is 5.56 Å². The van der Waals surface area contributed by atoms with Gasteiger partial charge in [0.15, 0.2) is 0 Å². The highest BCUT2D eigenvalue weighted by molar-refractivity contribution is 7.86. The zero-order valence-corrected chi connectivity index (χ0v) is 19.4. The predicted octanol–water partition coefficient (Wildman–Crippen LogP) is 4.13. The first kappa shape index (κ1) is 24.8. The Hall–Kier alpha value is -3.85. The van der Waals surface area contributed by atoms with Crippen LogP contribution in [0.3, 0.4) is 0 Å². The molecule has 9 heteroatoms. The van der Waals surface area contributed by atoms with Crippen LogP contribution in [0.4, 0.5) is 4.79 Å². The van der Waals surface area contributed by atoms with Crippen LogP contribution in [0.5, 0.6) is 5.75 Å². The van der Waals surface area contributed by atoms with Gasteiger partial charge in [0, 0.05) is 0 Å². The Morgan fingerprint density at radius 2 is 1.32 bits per heavy atom. The molecule has 3 aromatic carbocycles. The van der Waals surface area contributed by atoms with Gasteiger partial charge in [-0.15, -0.1) is 0 Å². The lowest BCUT2D eigenvalue weighted by Crippen LogP contribution is -2.31. The molecule has 1 N–H and O–H groups in total. The van der Waals surface area contributed by atoms with Gasteiger partial charge < -0.3 is 19.0 Å². The second kappa shape index (κ2) is 11.9. The number of benzene rings is 3. The minimum Gasteiger partial charge on any atom is -0.461 e. The average molecular weight is 484 g/mol. The maximum absolute atomic E-state index is 12.5. The number of esters is 1. The summed E-state index contributed by atoms with van der Waals surface area (Å²) in [6, 6.07) is 23.6. The fourth-order valence-corrected chi connectivity index (χ4v) is 3.51. The van der Waals surface area contributed by atoms with Gasteiger partial charge in [0.2, 0.25) is 0 Å². The van der Waals surface area contributed by atoms with Crippen molar-refractivity contribution in [3.63, 3.8) is 0 Å². The smallest absolute Gasteiger partial charge is 0.407 e. The maximum atomic E-state index is 12.5. The summed E-state index contributed by atoms with van der Waals surface area (Å²) in [6.45, 7) is 0.172. The van der Waals surface area contributed by atoms with E-state index in [9.17, 15) is 18.0 Å². The zero-order valence-electron chi connectivity index (χ0n) is 18.5. The monoisotopic (exact) mass is 483 g/mol. The highest BCUT2D eigenvalue weighted by Gasteiger charge is 2.21. The van der Waals surface area contributed by atoms with Crippen LogP contribution in [0.2, 0.25) is 0 Å². The standard InChI is InChI=1S/C25H25NO7S/c1-34(29,30)33-22-14-12-21(13-15-22)23(16-24(27)31-17-19-8-4-2-5-9-19)26-25(28)32-18-20-10-6-3-7-11-20/h2-15,23H,16-18H2,1H3,(H,26,28). The maximum Gasteiger partial charge on any atom is 0.407 e. The van der Waals surface area contributed by atoms with Crippen molar-refractivity contribution >= 4 is 22.2 Å². The molecule has 0 aromatic heterocycles. The normalized spacial score (nSPS) is 11.8. The molecular weight excluding hydrogens is 458 g/mol. The highest BCUT2D eigenvalue weighted by atomic mass is 32.2. The third-order valence-electron chi connectivity index (χ3n) is 4.65. The fraction of sp³-hybridized carbons (Fsp3) is 0.200. The largest absolute Gasteiger partial charge is 0.461 e. The van der Waals surface area contributed by atoms with Gasteiger partial charge in [-0.05, 0) is 28.8 Å². The molecule has 1 unspecified atom stereocenters. The van der Waals surface area contributed by atoms with Gasteiger partial charge in [0.05, 0.1) is 18.7 Å². The first-order valence-corrected chi connectivity index (χ1v) is 12.3. The molecule has 0 aliphatic heterocycles. The molecule has 8 nitrogen and oxygen atoms in total. The predicted molar refractivity (Wildman–Crippen MR) is 125 cm³/mol. The molecule has 3 aromatic rings. The van der Waals surface area contributed by atoms with Crippen LogP contribution >= 0.6 is 0 Å². The molecule has 0 fully saturated rings. The van der Waals surface area contributed by atoms with Crippen molar-refractivity contribution in [1.29, 1.82) is 0 Å². The van der Waals surface area contributed by atoms with E-state index in [1.54, 1.807) is 12.1 Å². The SMILES string of the molecule is CS(=O)(=O)Oc1ccc(C(CC(=O)OCc2ccccc2)NC(=O)OCc2ccccc2)cc1. The Labute approximate surface area is 198 Å². The molecule has 0 bridgehead atoms. The Morgan fingerprint density at radius 1 is 0.794 bits per heavy atom. The second-order valence-electron chi connectivity index (χ2n) is 7.47. The Morgan fingerprint density at radius 3 is 1.85 bits per heavy atom. The van der Waals surface area contributed by atoms with Gasteiger partial charge in [-0.2, -0.15) is 8.42 Å². The third-order valence-corrected chi connectivity index (χ3v) is 5.14. The molecule has 0 saturated carbocycles. The summed E-state index contributed by atoms with van der Waals surface area (Å²) in [5.41, 5.74) is 2.21. The quantitative estimate of drug-likeness (QED) is 0.341. The van der Waals surface area contributed by atoms with E-state index in [4.69, 9.17) is 13.7 Å². The third kappa shape index (κ3) is 8.59. The Balaban J connectivity index is 1.67. The van der Waals surface area contributed by atoms with Crippen molar-refractivity contribution < 1.29 is 31.7 Å². The minimum atomic E-state index is -3.68. The highest BCUT2D eigenvalue weighted by Crippen LogP contribution is 2.22. The topological polar surface area (TPSA) is 108 Å². The van der Waals surface area contributed by atoms with E-state index < -0.39 is 28.2 Å². The molecule has 1 amide bonds. The second-order valence-corrected chi connectivity index (χ2v) is 9.04. The molecule has 3 rings (SSSR count). The summed E-state index contributed by atoms with van der Waals surface area (Å²) in [7, 11) is -3.68. The molecule has 0 aliphatic rings. The summed E-state index contributed by atoms with van der Waals surface area (Å²) in [5, 5.41) is 2.68. The van der Waals surface area contributed by atoms with Crippen LogP contribution in [-0.2, 0) is 37.6 Å². The molecule has 178 valence electrons. The molecule has 0 heterocycles. The lowest BCUT2D eigenvalue weighted by molar-refractivity contribution is -0.145. The van der Waals surface area contributed by atoms with Gasteiger partial charge in [0.25, 0.3) is 0 Å². The first-order valence-electron chi connectivity index (χ1n) is 10.4. The van der Waals surface area contributed by atoms with E-state index >= 15 is 0 Å². The van der Waals surface area contributed by atoms with Crippen molar-refractivity contribution in [2.24, 2.45) is 0 Å². The number of ether oxygens (including phenoxy) is 2. The van der Waals surface area contributed by atoms with E-state index in [1.165, 1.54) is 12.1 Å². The molecule has 0 spiro atoms. The minimum absolute atomic E-state index is 0.0684. The van der Waals surface area contributed by atoms with Gasteiger partial charge in [-0.25, -0.2) is 4.79 Å². The lowest BCUT2D eigenvalue weighted by atomic mass is 10.0. The summed E-state index contributed by atoms with van der Waals surface area (Å²) in [6.07, 6.45) is 0.0808. The molecular formula is C25H25NO7S. The number of carbonyl (C=O) groups is 2. The van der Waals surface area contributed by atoms with Gasteiger partial charge >= 0.3 is 22.2 Å². The molecule has 0 aliphatic carbocycles. The molecule has 34 heavy (non-hydrogen) atoms. The van der Waals surface area contributed by atoms with Crippen LogP contribution in [0.25, 0.3) is 0 Å². The zero-order chi connectivity index (χ0) is 24.4. The average Bonchev–Trinajstić information content (AvgIpc) is 2.82. The lowest BCUT2D eigenvalue weighted by Gasteiger charge is -2.19. The van der Waals surface area contributed by atoms with Crippen LogP contribution in [0.1, 0.15) is 29.2 Å². The van der Waals surface area contributed by atoms with Crippen molar-refractivity contribution in [1.82, 2.24) is 5.32 Å². The summed E-state index contributed by atoms with van der Waals surface area (Å²) in [5.74, 6) is -0.406. The van der Waals surface area contributed by atoms with Crippen LogP contribution in [-0.4, -0.2) is 26.7 Å².